The average Bonchev–Trinajstić information content (AvgIpc) is 3.12. The van der Waals surface area contributed by atoms with Gasteiger partial charge in [-0.2, -0.15) is 0 Å². The Morgan fingerprint density at radius 1 is 0.447 bits per heavy atom. The van der Waals surface area contributed by atoms with Crippen molar-refractivity contribution in [3.63, 3.8) is 0 Å². The van der Waals surface area contributed by atoms with Crippen LogP contribution in [0.5, 0.6) is 0 Å². The van der Waals surface area contributed by atoms with Gasteiger partial charge in [0, 0.05) is 14.6 Å². The third-order valence-corrected chi connectivity index (χ3v) is 23.8. The highest BCUT2D eigenvalue weighted by atomic mass is 31.1. The van der Waals surface area contributed by atoms with Crippen LogP contribution < -0.4 is 26.1 Å². The van der Waals surface area contributed by atoms with Gasteiger partial charge >= 0.3 is 0 Å². The molecule has 3 rings (SSSR count). The van der Waals surface area contributed by atoms with Gasteiger partial charge in [0.05, 0.1) is 16.1 Å². The smallest absolute Gasteiger partial charge is 0.0867 e. The first-order valence-corrected chi connectivity index (χ1v) is 26.4. The lowest BCUT2D eigenvalue weighted by Crippen LogP contribution is -2.49. The first-order valence-electron chi connectivity index (χ1n) is 19.8. The Bertz CT molecular complexity index is 1130. The van der Waals surface area contributed by atoms with Crippen LogP contribution in [0.25, 0.3) is 0 Å². The fourth-order valence-electron chi connectivity index (χ4n) is 7.75. The van der Waals surface area contributed by atoms with Crippen molar-refractivity contribution in [2.75, 3.05) is 0 Å². The highest BCUT2D eigenvalue weighted by Gasteiger charge is 2.35. The zero-order valence-corrected chi connectivity index (χ0v) is 34.3. The Hall–Kier alpha value is -1.52. The van der Waals surface area contributed by atoms with Gasteiger partial charge in [-0.05, 0) is 16.2 Å². The highest BCUT2D eigenvalue weighted by Crippen LogP contribution is 2.34. The maximum Gasteiger partial charge on any atom is 0.0867 e. The van der Waals surface area contributed by atoms with Crippen molar-refractivity contribution in [3.05, 3.63) is 84.4 Å². The number of benzene rings is 3. The van der Waals surface area contributed by atoms with E-state index in [-0.39, 0.29) is 0 Å². The van der Waals surface area contributed by atoms with Gasteiger partial charge in [0.15, 0.2) is 0 Å². The van der Waals surface area contributed by atoms with E-state index >= 15 is 0 Å². The predicted molar refractivity (Wildman–Crippen MR) is 221 cm³/mol. The molecule has 0 aliphatic heterocycles. The topological polar surface area (TPSA) is 12.0 Å². The van der Waals surface area contributed by atoms with Crippen LogP contribution in [-0.4, -0.2) is 16.1 Å². The van der Waals surface area contributed by atoms with Gasteiger partial charge in [-0.15, -0.1) is 0 Å². The number of hydrogen-bond acceptors (Lipinski definition) is 1. The third kappa shape index (κ3) is 12.1. The van der Waals surface area contributed by atoms with Crippen LogP contribution in [0.1, 0.15) is 124 Å². The summed E-state index contributed by atoms with van der Waals surface area (Å²) in [5, 5.41) is 10.7. The molecular formula is C43H70NPSi2. The Labute approximate surface area is 295 Å². The Morgan fingerprint density at radius 2 is 0.809 bits per heavy atom. The summed E-state index contributed by atoms with van der Waals surface area (Å²) < 4.78 is 0. The monoisotopic (exact) mass is 687 g/mol. The van der Waals surface area contributed by atoms with Crippen molar-refractivity contribution in [2.45, 2.75) is 161 Å². The van der Waals surface area contributed by atoms with E-state index in [0.29, 0.717) is 0 Å². The summed E-state index contributed by atoms with van der Waals surface area (Å²) in [5.41, 5.74) is 1.38. The normalized spacial score (nSPS) is 12.2. The van der Waals surface area contributed by atoms with E-state index in [1.54, 1.807) is 10.4 Å². The standard InChI is InChI=1S/C43H70NPSi2/c1-7-13-30-46(31-14-8-2,32-15-9-3)42-28-22-26-40(36-42)45(44-38-39-24-20-19-21-25-39)41-27-23-29-43(37-41)47(33-16-10-4,34-17-11-5)35-18-12-6/h19-29,36-37,44H,7-18,30-35,38H2,1-6H3. The summed E-state index contributed by atoms with van der Waals surface area (Å²) in [5.74, 6) is 0. The maximum atomic E-state index is 4.18. The van der Waals surface area contributed by atoms with Crippen molar-refractivity contribution >= 4 is 45.2 Å². The van der Waals surface area contributed by atoms with Crippen LogP contribution in [0.2, 0.25) is 36.3 Å². The zero-order chi connectivity index (χ0) is 33.8. The second-order valence-electron chi connectivity index (χ2n) is 14.4. The van der Waals surface area contributed by atoms with Crippen molar-refractivity contribution in [1.82, 2.24) is 5.09 Å². The fraction of sp³-hybridized carbons (Fsp3) is 0.581. The molecule has 0 saturated carbocycles. The lowest BCUT2D eigenvalue weighted by Gasteiger charge is -2.35. The predicted octanol–water partition coefficient (Wildman–Crippen LogP) is 11.9. The zero-order valence-electron chi connectivity index (χ0n) is 31.4. The third-order valence-electron chi connectivity index (χ3n) is 10.8. The summed E-state index contributed by atoms with van der Waals surface area (Å²) >= 11 is 0. The lowest BCUT2D eigenvalue weighted by molar-refractivity contribution is 0.800. The van der Waals surface area contributed by atoms with Crippen LogP contribution in [0.15, 0.2) is 78.9 Å². The molecule has 4 heteroatoms. The summed E-state index contributed by atoms with van der Waals surface area (Å²) in [6, 6.07) is 40.2. The van der Waals surface area contributed by atoms with Crippen LogP contribution in [0.4, 0.5) is 0 Å². The maximum absolute atomic E-state index is 4.18. The minimum Gasteiger partial charge on any atom is -0.284 e. The van der Waals surface area contributed by atoms with Gasteiger partial charge in [-0.25, -0.2) is 0 Å². The average molecular weight is 688 g/mol. The largest absolute Gasteiger partial charge is 0.284 e. The summed E-state index contributed by atoms with van der Waals surface area (Å²) in [4.78, 5) is 0. The molecule has 0 saturated heterocycles. The van der Waals surface area contributed by atoms with Crippen LogP contribution >= 0.6 is 8.07 Å². The van der Waals surface area contributed by atoms with Crippen molar-refractivity contribution in [1.29, 1.82) is 0 Å². The summed E-state index contributed by atoms with van der Waals surface area (Å²) in [6.45, 7) is 15.2. The van der Waals surface area contributed by atoms with Crippen molar-refractivity contribution in [2.24, 2.45) is 0 Å². The highest BCUT2D eigenvalue weighted by molar-refractivity contribution is 7.71. The molecule has 1 nitrogen and oxygen atoms in total. The molecule has 260 valence electrons. The molecular weight excluding hydrogens is 618 g/mol. The van der Waals surface area contributed by atoms with Crippen LogP contribution in [-0.2, 0) is 6.54 Å². The van der Waals surface area contributed by atoms with Gasteiger partial charge < -0.3 is 0 Å². The summed E-state index contributed by atoms with van der Waals surface area (Å²) in [7, 11) is -3.88. The van der Waals surface area contributed by atoms with E-state index in [2.05, 4.69) is 125 Å². The molecule has 0 aliphatic rings. The molecule has 47 heavy (non-hydrogen) atoms. The quantitative estimate of drug-likeness (QED) is 0.0690. The number of nitrogens with one attached hydrogen (secondary N) is 1. The molecule has 0 unspecified atom stereocenters. The molecule has 0 heterocycles. The Morgan fingerprint density at radius 3 is 1.15 bits per heavy atom. The number of unbranched alkanes of at least 4 members (excludes halogenated alkanes) is 6. The molecule has 0 aromatic heterocycles. The van der Waals surface area contributed by atoms with Crippen LogP contribution in [0, 0.1) is 0 Å². The molecule has 0 amide bonds. The molecule has 0 spiro atoms. The molecule has 3 aromatic rings. The summed E-state index contributed by atoms with van der Waals surface area (Å²) in [6.07, 6.45) is 16.2. The van der Waals surface area contributed by atoms with E-state index in [9.17, 15) is 0 Å². The second kappa shape index (κ2) is 22.3. The molecule has 1 N–H and O–H groups in total. The molecule has 0 radical (unpaired) electrons. The molecule has 0 atom stereocenters. The Kier molecular flexibility index (Phi) is 18.9. The molecule has 0 bridgehead atoms. The van der Waals surface area contributed by atoms with Crippen molar-refractivity contribution < 1.29 is 0 Å². The molecule has 0 fully saturated rings. The molecule has 3 aromatic carbocycles. The van der Waals surface area contributed by atoms with E-state index in [1.165, 1.54) is 129 Å². The first-order chi connectivity index (χ1) is 23.0. The SMILES string of the molecule is CCCC[Si](CCCC)(CCCC)c1cccc(P(NCc2ccccc2)c2cccc([Si](CCCC)(CCCC)CCCC)c2)c1. The number of rotatable bonds is 25. The van der Waals surface area contributed by atoms with Gasteiger partial charge in [0.2, 0.25) is 0 Å². The number of hydrogen-bond donors (Lipinski definition) is 1. The van der Waals surface area contributed by atoms with E-state index in [0.717, 1.165) is 6.54 Å². The van der Waals surface area contributed by atoms with Gasteiger partial charge in [-0.1, -0.05) is 244 Å². The van der Waals surface area contributed by atoms with Gasteiger partial charge in [0.25, 0.3) is 0 Å². The van der Waals surface area contributed by atoms with E-state index in [1.807, 2.05) is 0 Å². The van der Waals surface area contributed by atoms with Gasteiger partial charge in [0.1, 0.15) is 0 Å². The first kappa shape index (κ1) is 39.9. The minimum atomic E-state index is -1.60. The van der Waals surface area contributed by atoms with Crippen molar-refractivity contribution in [3.8, 4) is 0 Å². The van der Waals surface area contributed by atoms with E-state index < -0.39 is 24.2 Å². The van der Waals surface area contributed by atoms with Crippen LogP contribution in [0.3, 0.4) is 0 Å². The van der Waals surface area contributed by atoms with Gasteiger partial charge in [-0.3, -0.25) is 5.09 Å². The fourth-order valence-corrected chi connectivity index (χ4v) is 21.2. The Balaban J connectivity index is 2.15. The second-order valence-corrected chi connectivity index (χ2v) is 25.7. The van der Waals surface area contributed by atoms with E-state index in [4.69, 9.17) is 0 Å². The lowest BCUT2D eigenvalue weighted by atomic mass is 10.2. The minimum absolute atomic E-state index is 0.684. The molecule has 0 aliphatic carbocycles.